The van der Waals surface area contributed by atoms with Crippen LogP contribution in [0.15, 0.2) is 42.5 Å². The van der Waals surface area contributed by atoms with E-state index in [0.717, 1.165) is 15.2 Å². The van der Waals surface area contributed by atoms with E-state index in [-0.39, 0.29) is 23.3 Å². The van der Waals surface area contributed by atoms with Crippen LogP contribution in [0.5, 0.6) is 5.75 Å². The fraction of sp³-hybridized carbons (Fsp3) is 0.250. The van der Waals surface area contributed by atoms with Crippen molar-refractivity contribution in [3.05, 3.63) is 58.6 Å². The quantitative estimate of drug-likeness (QED) is 0.679. The Morgan fingerprint density at radius 2 is 1.96 bits per heavy atom. The number of hydrogen-bond donors (Lipinski definition) is 1. The molecule has 0 aliphatic heterocycles. The van der Waals surface area contributed by atoms with E-state index in [2.05, 4.69) is 4.98 Å². The van der Waals surface area contributed by atoms with E-state index in [9.17, 15) is 14.7 Å². The lowest BCUT2D eigenvalue weighted by molar-refractivity contribution is -0.135. The molecule has 140 valence electrons. The first-order chi connectivity index (χ1) is 12.9. The molecule has 1 heterocycles. The smallest absolute Gasteiger partial charge is 0.342 e. The van der Waals surface area contributed by atoms with Gasteiger partial charge in [-0.05, 0) is 37.6 Å². The summed E-state index contributed by atoms with van der Waals surface area (Å²) in [6, 6.07) is 12.3. The molecule has 0 unspecified atom stereocenters. The van der Waals surface area contributed by atoms with Gasteiger partial charge in [0.25, 0.3) is 5.91 Å². The Morgan fingerprint density at radius 1 is 1.22 bits per heavy atom. The van der Waals surface area contributed by atoms with Crippen molar-refractivity contribution in [2.45, 2.75) is 19.9 Å². The summed E-state index contributed by atoms with van der Waals surface area (Å²) < 4.78 is 6.14. The number of phenolic OH excluding ortho intramolecular Hbond substituents is 1. The van der Waals surface area contributed by atoms with Crippen LogP contribution in [0.3, 0.4) is 0 Å². The van der Waals surface area contributed by atoms with Gasteiger partial charge >= 0.3 is 5.97 Å². The number of hydrogen-bond acceptors (Lipinski definition) is 6. The van der Waals surface area contributed by atoms with Crippen LogP contribution >= 0.6 is 11.3 Å². The van der Waals surface area contributed by atoms with Crippen molar-refractivity contribution in [3.63, 3.8) is 0 Å². The monoisotopic (exact) mass is 384 g/mol. The largest absolute Gasteiger partial charge is 0.507 e. The van der Waals surface area contributed by atoms with E-state index in [0.29, 0.717) is 5.56 Å². The van der Waals surface area contributed by atoms with Gasteiger partial charge in [0.15, 0.2) is 6.61 Å². The number of ether oxygens (including phenoxy) is 1. The lowest BCUT2D eigenvalue weighted by Crippen LogP contribution is -2.33. The highest BCUT2D eigenvalue weighted by atomic mass is 32.1. The lowest BCUT2D eigenvalue weighted by atomic mass is 10.1. The molecule has 0 saturated heterocycles. The van der Waals surface area contributed by atoms with Crippen molar-refractivity contribution in [2.24, 2.45) is 0 Å². The lowest BCUT2D eigenvalue weighted by Gasteiger charge is -2.23. The van der Waals surface area contributed by atoms with Crippen LogP contribution in [0.1, 0.15) is 33.9 Å². The minimum Gasteiger partial charge on any atom is -0.507 e. The van der Waals surface area contributed by atoms with Gasteiger partial charge in [0.2, 0.25) is 0 Å². The molecule has 0 aliphatic carbocycles. The molecule has 3 rings (SSSR count). The number of fused-ring (bicyclic) bond motifs is 1. The molecule has 3 aromatic rings. The number of likely N-dealkylation sites (N-methyl/N-ethyl adjacent to an activating group) is 1. The molecule has 0 saturated carbocycles. The van der Waals surface area contributed by atoms with Crippen LogP contribution in [-0.2, 0) is 9.53 Å². The summed E-state index contributed by atoms with van der Waals surface area (Å²) in [5.41, 5.74) is 1.51. The number of aromatic hydroxyl groups is 1. The van der Waals surface area contributed by atoms with Crippen LogP contribution < -0.4 is 0 Å². The third-order valence-electron chi connectivity index (χ3n) is 4.43. The van der Waals surface area contributed by atoms with Crippen molar-refractivity contribution >= 4 is 33.4 Å². The number of carbonyl (C=O) groups excluding carboxylic acids is 2. The Bertz CT molecular complexity index is 966. The van der Waals surface area contributed by atoms with Crippen molar-refractivity contribution in [1.82, 2.24) is 9.88 Å². The van der Waals surface area contributed by atoms with Crippen LogP contribution in [0.2, 0.25) is 0 Å². The number of nitrogens with zero attached hydrogens (tertiary/aromatic N) is 2. The second-order valence-electron chi connectivity index (χ2n) is 6.25. The molecule has 7 heteroatoms. The molecular weight excluding hydrogens is 364 g/mol. The fourth-order valence-corrected chi connectivity index (χ4v) is 3.64. The van der Waals surface area contributed by atoms with Crippen molar-refractivity contribution in [1.29, 1.82) is 0 Å². The molecule has 1 atom stereocenters. The Hall–Kier alpha value is -2.93. The van der Waals surface area contributed by atoms with Gasteiger partial charge in [-0.2, -0.15) is 0 Å². The molecule has 0 bridgehead atoms. The number of amides is 1. The van der Waals surface area contributed by atoms with E-state index < -0.39 is 12.6 Å². The number of phenols is 1. The summed E-state index contributed by atoms with van der Waals surface area (Å²) >= 11 is 1.53. The van der Waals surface area contributed by atoms with Crippen LogP contribution in [0.25, 0.3) is 10.2 Å². The second-order valence-corrected chi connectivity index (χ2v) is 7.31. The van der Waals surface area contributed by atoms with E-state index >= 15 is 0 Å². The standard InChI is InChI=1S/C20H20N2O4S/c1-12-7-6-8-14(18(12)24)20(25)26-11-17(23)22(3)13(2)19-21-15-9-4-5-10-16(15)27-19/h4-10,13,24H,11H2,1-3H3/t13-/m1/s1. The summed E-state index contributed by atoms with van der Waals surface area (Å²) in [5, 5.41) is 10.8. The molecule has 2 aromatic carbocycles. The third kappa shape index (κ3) is 3.93. The maximum Gasteiger partial charge on any atom is 0.342 e. The van der Waals surface area contributed by atoms with Crippen molar-refractivity contribution in [3.8, 4) is 5.75 Å². The summed E-state index contributed by atoms with van der Waals surface area (Å²) in [4.78, 5) is 30.6. The maximum absolute atomic E-state index is 12.4. The number of esters is 1. The zero-order valence-electron chi connectivity index (χ0n) is 15.3. The minimum atomic E-state index is -0.731. The average molecular weight is 384 g/mol. The molecular formula is C20H20N2O4S. The number of carbonyl (C=O) groups is 2. The molecule has 1 N–H and O–H groups in total. The SMILES string of the molecule is Cc1cccc(C(=O)OCC(=O)N(C)[C@H](C)c2nc3ccccc3s2)c1O. The predicted octanol–water partition coefficient (Wildman–Crippen LogP) is 3.69. The third-order valence-corrected chi connectivity index (χ3v) is 5.63. The fourth-order valence-electron chi connectivity index (χ4n) is 2.58. The Balaban J connectivity index is 1.64. The number of para-hydroxylation sites is 2. The molecule has 0 aliphatic rings. The summed E-state index contributed by atoms with van der Waals surface area (Å²) in [5.74, 6) is -1.21. The molecule has 0 fully saturated rings. The Labute approximate surface area is 161 Å². The highest BCUT2D eigenvalue weighted by Crippen LogP contribution is 2.29. The van der Waals surface area contributed by atoms with Crippen molar-refractivity contribution in [2.75, 3.05) is 13.7 Å². The van der Waals surface area contributed by atoms with Gasteiger partial charge in [-0.1, -0.05) is 24.3 Å². The highest BCUT2D eigenvalue weighted by molar-refractivity contribution is 7.18. The average Bonchev–Trinajstić information content (AvgIpc) is 3.11. The number of rotatable bonds is 5. The topological polar surface area (TPSA) is 79.7 Å². The van der Waals surface area contributed by atoms with E-state index in [1.165, 1.54) is 22.3 Å². The highest BCUT2D eigenvalue weighted by Gasteiger charge is 2.22. The van der Waals surface area contributed by atoms with Gasteiger partial charge in [0, 0.05) is 7.05 Å². The Morgan fingerprint density at radius 3 is 2.70 bits per heavy atom. The van der Waals surface area contributed by atoms with Gasteiger partial charge < -0.3 is 14.7 Å². The second kappa shape index (κ2) is 7.75. The number of aromatic nitrogens is 1. The van der Waals surface area contributed by atoms with E-state index in [1.807, 2.05) is 31.2 Å². The molecule has 6 nitrogen and oxygen atoms in total. The first kappa shape index (κ1) is 18.8. The molecule has 0 radical (unpaired) electrons. The minimum absolute atomic E-state index is 0.0460. The van der Waals surface area contributed by atoms with Gasteiger partial charge in [0.05, 0.1) is 16.3 Å². The van der Waals surface area contributed by atoms with Crippen LogP contribution in [-0.4, -0.2) is 40.5 Å². The van der Waals surface area contributed by atoms with Gasteiger partial charge in [-0.25, -0.2) is 9.78 Å². The summed E-state index contributed by atoms with van der Waals surface area (Å²) in [7, 11) is 1.65. The molecule has 1 aromatic heterocycles. The molecule has 0 spiro atoms. The Kier molecular flexibility index (Phi) is 5.41. The predicted molar refractivity (Wildman–Crippen MR) is 104 cm³/mol. The zero-order valence-corrected chi connectivity index (χ0v) is 16.1. The van der Waals surface area contributed by atoms with Crippen LogP contribution in [0.4, 0.5) is 0 Å². The van der Waals surface area contributed by atoms with Crippen LogP contribution in [0, 0.1) is 6.92 Å². The maximum atomic E-state index is 12.4. The number of benzene rings is 2. The van der Waals surface area contributed by atoms with Gasteiger partial charge in [-0.15, -0.1) is 11.3 Å². The first-order valence-corrected chi connectivity index (χ1v) is 9.27. The summed E-state index contributed by atoms with van der Waals surface area (Å²) in [6.07, 6.45) is 0. The van der Waals surface area contributed by atoms with Gasteiger partial charge in [0.1, 0.15) is 16.3 Å². The molecule has 1 amide bonds. The number of thiazole rings is 1. The zero-order chi connectivity index (χ0) is 19.6. The first-order valence-electron chi connectivity index (χ1n) is 8.45. The van der Waals surface area contributed by atoms with Gasteiger partial charge in [-0.3, -0.25) is 4.79 Å². The molecule has 27 heavy (non-hydrogen) atoms. The van der Waals surface area contributed by atoms with E-state index in [1.54, 1.807) is 26.1 Å². The normalized spacial score (nSPS) is 12.0. The summed E-state index contributed by atoms with van der Waals surface area (Å²) in [6.45, 7) is 3.16. The van der Waals surface area contributed by atoms with Crippen molar-refractivity contribution < 1.29 is 19.4 Å². The van der Waals surface area contributed by atoms with E-state index in [4.69, 9.17) is 4.74 Å². The number of aryl methyl sites for hydroxylation is 1.